The fourth-order valence-corrected chi connectivity index (χ4v) is 3.25. The zero-order valence-corrected chi connectivity index (χ0v) is 13.5. The van der Waals surface area contributed by atoms with Gasteiger partial charge in [-0.05, 0) is 69.4 Å². The standard InChI is InChI=1S/C17H27ClN2/c1-3-20(13-16-5-4-10-19-12-16)14(2)11-15-6-8-17(18)9-7-15/h6-9,14,16,19H,3-5,10-13H2,1-2H3. The molecule has 2 nitrogen and oxygen atoms in total. The average Bonchev–Trinajstić information content (AvgIpc) is 2.48. The van der Waals surface area contributed by atoms with Crippen molar-refractivity contribution in [2.45, 2.75) is 39.2 Å². The molecule has 0 amide bonds. The maximum absolute atomic E-state index is 5.95. The molecule has 1 aromatic carbocycles. The van der Waals surface area contributed by atoms with Crippen molar-refractivity contribution in [3.05, 3.63) is 34.9 Å². The molecule has 0 bridgehead atoms. The maximum Gasteiger partial charge on any atom is 0.0406 e. The molecule has 0 radical (unpaired) electrons. The number of nitrogens with one attached hydrogen (secondary N) is 1. The summed E-state index contributed by atoms with van der Waals surface area (Å²) in [5.74, 6) is 0.816. The Morgan fingerprint density at radius 1 is 1.35 bits per heavy atom. The Labute approximate surface area is 128 Å². The highest BCUT2D eigenvalue weighted by atomic mass is 35.5. The van der Waals surface area contributed by atoms with Crippen LogP contribution in [0.3, 0.4) is 0 Å². The maximum atomic E-state index is 5.95. The van der Waals surface area contributed by atoms with Gasteiger partial charge in [0, 0.05) is 17.6 Å². The van der Waals surface area contributed by atoms with Gasteiger partial charge in [-0.15, -0.1) is 0 Å². The molecular formula is C17H27ClN2. The molecule has 1 N–H and O–H groups in total. The number of hydrogen-bond donors (Lipinski definition) is 1. The predicted molar refractivity (Wildman–Crippen MR) is 87.5 cm³/mol. The molecular weight excluding hydrogens is 268 g/mol. The molecule has 1 aliphatic rings. The minimum Gasteiger partial charge on any atom is -0.316 e. The molecule has 0 aromatic heterocycles. The number of likely N-dealkylation sites (N-methyl/N-ethyl adjacent to an activating group) is 1. The Morgan fingerprint density at radius 2 is 2.10 bits per heavy atom. The highest BCUT2D eigenvalue weighted by Gasteiger charge is 2.19. The van der Waals surface area contributed by atoms with Crippen molar-refractivity contribution in [3.8, 4) is 0 Å². The summed E-state index contributed by atoms with van der Waals surface area (Å²) in [5.41, 5.74) is 1.38. The summed E-state index contributed by atoms with van der Waals surface area (Å²) in [6.45, 7) is 9.35. The lowest BCUT2D eigenvalue weighted by Gasteiger charge is -2.33. The summed E-state index contributed by atoms with van der Waals surface area (Å²) in [6, 6.07) is 8.86. The Morgan fingerprint density at radius 3 is 2.70 bits per heavy atom. The third-order valence-electron chi connectivity index (χ3n) is 4.37. The van der Waals surface area contributed by atoms with E-state index in [1.54, 1.807) is 0 Å². The lowest BCUT2D eigenvalue weighted by molar-refractivity contribution is 0.169. The van der Waals surface area contributed by atoms with E-state index in [-0.39, 0.29) is 0 Å². The number of hydrogen-bond acceptors (Lipinski definition) is 2. The minimum atomic E-state index is 0.586. The highest BCUT2D eigenvalue weighted by Crippen LogP contribution is 2.17. The van der Waals surface area contributed by atoms with Crippen LogP contribution in [-0.4, -0.2) is 37.1 Å². The second-order valence-electron chi connectivity index (χ2n) is 5.98. The first kappa shape index (κ1) is 15.8. The zero-order chi connectivity index (χ0) is 14.4. The summed E-state index contributed by atoms with van der Waals surface area (Å²) < 4.78 is 0. The van der Waals surface area contributed by atoms with Crippen LogP contribution in [0.25, 0.3) is 0 Å². The molecule has 2 atom stereocenters. The quantitative estimate of drug-likeness (QED) is 0.862. The van der Waals surface area contributed by atoms with Crippen molar-refractivity contribution in [2.24, 2.45) is 5.92 Å². The Hall–Kier alpha value is -0.570. The normalized spacial score (nSPS) is 21.1. The number of benzene rings is 1. The average molecular weight is 295 g/mol. The number of nitrogens with zero attached hydrogens (tertiary/aromatic N) is 1. The number of piperidine rings is 1. The SMILES string of the molecule is CCN(CC1CCCNC1)C(C)Cc1ccc(Cl)cc1. The monoisotopic (exact) mass is 294 g/mol. The predicted octanol–water partition coefficient (Wildman–Crippen LogP) is 3.59. The molecule has 2 unspecified atom stereocenters. The van der Waals surface area contributed by atoms with Gasteiger partial charge in [0.2, 0.25) is 0 Å². The first-order chi connectivity index (χ1) is 9.69. The molecule has 112 valence electrons. The number of rotatable bonds is 6. The van der Waals surface area contributed by atoms with Gasteiger partial charge in [0.15, 0.2) is 0 Å². The molecule has 1 aliphatic heterocycles. The Kier molecular flexibility index (Phi) is 6.34. The van der Waals surface area contributed by atoms with Gasteiger partial charge in [0.05, 0.1) is 0 Å². The van der Waals surface area contributed by atoms with Gasteiger partial charge < -0.3 is 10.2 Å². The van der Waals surface area contributed by atoms with E-state index in [0.717, 1.165) is 23.9 Å². The zero-order valence-electron chi connectivity index (χ0n) is 12.7. The second kappa shape index (κ2) is 8.02. The second-order valence-corrected chi connectivity index (χ2v) is 6.42. The molecule has 1 heterocycles. The van der Waals surface area contributed by atoms with E-state index >= 15 is 0 Å². The summed E-state index contributed by atoms with van der Waals surface area (Å²) in [6.07, 6.45) is 3.80. The first-order valence-electron chi connectivity index (χ1n) is 7.88. The lowest BCUT2D eigenvalue weighted by atomic mass is 9.97. The molecule has 1 aromatic rings. The van der Waals surface area contributed by atoms with Crippen LogP contribution in [0.1, 0.15) is 32.3 Å². The molecule has 1 saturated heterocycles. The van der Waals surface area contributed by atoms with Crippen LogP contribution in [0.2, 0.25) is 5.02 Å². The van der Waals surface area contributed by atoms with Gasteiger partial charge in [-0.2, -0.15) is 0 Å². The van der Waals surface area contributed by atoms with Crippen molar-refractivity contribution >= 4 is 11.6 Å². The lowest BCUT2D eigenvalue weighted by Crippen LogP contribution is -2.42. The third-order valence-corrected chi connectivity index (χ3v) is 4.62. The van der Waals surface area contributed by atoms with Crippen LogP contribution in [0.15, 0.2) is 24.3 Å². The number of halogens is 1. The van der Waals surface area contributed by atoms with Crippen LogP contribution < -0.4 is 5.32 Å². The van der Waals surface area contributed by atoms with Gasteiger partial charge in [-0.3, -0.25) is 0 Å². The molecule has 1 fully saturated rings. The highest BCUT2D eigenvalue weighted by molar-refractivity contribution is 6.30. The van der Waals surface area contributed by atoms with Crippen molar-refractivity contribution in [1.29, 1.82) is 0 Å². The van der Waals surface area contributed by atoms with Gasteiger partial charge in [0.25, 0.3) is 0 Å². The Balaban J connectivity index is 1.87. The first-order valence-corrected chi connectivity index (χ1v) is 8.26. The molecule has 20 heavy (non-hydrogen) atoms. The molecule has 0 aliphatic carbocycles. The fourth-order valence-electron chi connectivity index (χ4n) is 3.12. The molecule has 2 rings (SSSR count). The smallest absolute Gasteiger partial charge is 0.0406 e. The van der Waals surface area contributed by atoms with Crippen molar-refractivity contribution in [3.63, 3.8) is 0 Å². The Bertz CT molecular complexity index is 384. The van der Waals surface area contributed by atoms with E-state index in [2.05, 4.69) is 36.2 Å². The van der Waals surface area contributed by atoms with Crippen molar-refractivity contribution < 1.29 is 0 Å². The van der Waals surface area contributed by atoms with Gasteiger partial charge >= 0.3 is 0 Å². The summed E-state index contributed by atoms with van der Waals surface area (Å²) in [5, 5.41) is 4.34. The minimum absolute atomic E-state index is 0.586. The largest absolute Gasteiger partial charge is 0.316 e. The van der Waals surface area contributed by atoms with E-state index in [1.807, 2.05) is 12.1 Å². The summed E-state index contributed by atoms with van der Waals surface area (Å²) in [7, 11) is 0. The summed E-state index contributed by atoms with van der Waals surface area (Å²) in [4.78, 5) is 2.62. The van der Waals surface area contributed by atoms with Crippen LogP contribution >= 0.6 is 11.6 Å². The van der Waals surface area contributed by atoms with Crippen LogP contribution in [0, 0.1) is 5.92 Å². The van der Waals surface area contributed by atoms with Crippen LogP contribution in [0.4, 0.5) is 0 Å². The third kappa shape index (κ3) is 4.76. The molecule has 0 saturated carbocycles. The van der Waals surface area contributed by atoms with E-state index in [1.165, 1.54) is 38.0 Å². The van der Waals surface area contributed by atoms with Crippen molar-refractivity contribution in [2.75, 3.05) is 26.2 Å². The van der Waals surface area contributed by atoms with Crippen LogP contribution in [0.5, 0.6) is 0 Å². The van der Waals surface area contributed by atoms with Crippen LogP contribution in [-0.2, 0) is 6.42 Å². The van der Waals surface area contributed by atoms with Gasteiger partial charge in [-0.1, -0.05) is 30.7 Å². The van der Waals surface area contributed by atoms with E-state index < -0.39 is 0 Å². The van der Waals surface area contributed by atoms with E-state index in [4.69, 9.17) is 11.6 Å². The van der Waals surface area contributed by atoms with Crippen molar-refractivity contribution in [1.82, 2.24) is 10.2 Å². The molecule has 3 heteroatoms. The summed E-state index contributed by atoms with van der Waals surface area (Å²) >= 11 is 5.95. The van der Waals surface area contributed by atoms with Gasteiger partial charge in [0.1, 0.15) is 0 Å². The topological polar surface area (TPSA) is 15.3 Å². The van der Waals surface area contributed by atoms with E-state index in [9.17, 15) is 0 Å². The van der Waals surface area contributed by atoms with E-state index in [0.29, 0.717) is 6.04 Å². The molecule has 0 spiro atoms. The fraction of sp³-hybridized carbons (Fsp3) is 0.647. The van der Waals surface area contributed by atoms with Gasteiger partial charge in [-0.25, -0.2) is 0 Å².